The number of hydrogen-bond donors (Lipinski definition) is 3. The van der Waals surface area contributed by atoms with Gasteiger partial charge in [-0.05, 0) is 11.6 Å². The topological polar surface area (TPSA) is 122 Å². The van der Waals surface area contributed by atoms with E-state index in [2.05, 4.69) is 30.6 Å². The van der Waals surface area contributed by atoms with E-state index >= 15 is 0 Å². The van der Waals surface area contributed by atoms with Crippen LogP contribution < -0.4 is 10.6 Å². The Kier molecular flexibility index (Phi) is 4.97. The Morgan fingerprint density at radius 3 is 2.59 bits per heavy atom. The van der Waals surface area contributed by atoms with Gasteiger partial charge in [0.15, 0.2) is 11.5 Å². The molecule has 0 saturated heterocycles. The van der Waals surface area contributed by atoms with Gasteiger partial charge in [0.25, 0.3) is 5.69 Å². The van der Waals surface area contributed by atoms with Crippen LogP contribution in [0.25, 0.3) is 11.2 Å². The first kappa shape index (κ1) is 18.3. The second-order valence-electron chi connectivity index (χ2n) is 6.22. The number of nitro benzene ring substituents is 1. The Balaban J connectivity index is 1.51. The van der Waals surface area contributed by atoms with Crippen molar-refractivity contribution < 1.29 is 9.31 Å². The van der Waals surface area contributed by atoms with Crippen molar-refractivity contribution in [2.24, 2.45) is 0 Å². The lowest BCUT2D eigenvalue weighted by Gasteiger charge is -2.10. The molecule has 0 aliphatic carbocycles. The molecule has 0 unspecified atom stereocenters. The molecule has 0 radical (unpaired) electrons. The summed E-state index contributed by atoms with van der Waals surface area (Å²) in [6, 6.07) is 12.7. The van der Waals surface area contributed by atoms with Crippen LogP contribution in [-0.4, -0.2) is 24.9 Å². The summed E-state index contributed by atoms with van der Waals surface area (Å²) in [5.74, 6) is 0.512. The Bertz CT molecular complexity index is 1160. The van der Waals surface area contributed by atoms with Crippen molar-refractivity contribution in [1.82, 2.24) is 19.9 Å². The van der Waals surface area contributed by atoms with E-state index in [9.17, 15) is 14.5 Å². The number of anilines is 2. The Morgan fingerprint density at radius 1 is 1.03 bits per heavy atom. The second-order valence-corrected chi connectivity index (χ2v) is 6.22. The number of imidazole rings is 1. The van der Waals surface area contributed by atoms with E-state index < -0.39 is 4.92 Å². The highest BCUT2D eigenvalue weighted by Crippen LogP contribution is 2.20. The van der Waals surface area contributed by atoms with Gasteiger partial charge >= 0.3 is 0 Å². The number of nitrogens with zero attached hydrogens (tertiary/aromatic N) is 4. The third-order valence-electron chi connectivity index (χ3n) is 4.29. The predicted octanol–water partition coefficient (Wildman–Crippen LogP) is 3.62. The van der Waals surface area contributed by atoms with Gasteiger partial charge < -0.3 is 15.6 Å². The number of halogens is 1. The van der Waals surface area contributed by atoms with E-state index in [1.165, 1.54) is 24.5 Å². The van der Waals surface area contributed by atoms with Crippen LogP contribution in [0.4, 0.5) is 21.8 Å². The van der Waals surface area contributed by atoms with Crippen molar-refractivity contribution in [2.45, 2.75) is 13.1 Å². The molecule has 2 aromatic heterocycles. The quantitative estimate of drug-likeness (QED) is 0.324. The molecule has 2 aromatic carbocycles. The number of aromatic nitrogens is 4. The summed E-state index contributed by atoms with van der Waals surface area (Å²) >= 11 is 0. The van der Waals surface area contributed by atoms with E-state index in [1.807, 2.05) is 0 Å². The fraction of sp³-hybridized carbons (Fsp3) is 0.105. The molecule has 10 heteroatoms. The normalized spacial score (nSPS) is 10.8. The first-order valence-electron chi connectivity index (χ1n) is 8.76. The Labute approximate surface area is 164 Å². The molecule has 0 aliphatic heterocycles. The SMILES string of the molecule is O=[N+]([O-])c1ccc(CNc2nc(NCc3ccccc3F)nc3nc[nH]c23)cc1. The molecule has 4 aromatic rings. The number of aromatic amines is 1. The van der Waals surface area contributed by atoms with Crippen LogP contribution in [0.1, 0.15) is 11.1 Å². The van der Waals surface area contributed by atoms with Gasteiger partial charge in [-0.1, -0.05) is 30.3 Å². The number of non-ortho nitro benzene ring substituents is 1. The molecule has 2 heterocycles. The van der Waals surface area contributed by atoms with Gasteiger partial charge in [0.1, 0.15) is 11.3 Å². The molecular weight excluding hydrogens is 377 g/mol. The third kappa shape index (κ3) is 4.10. The van der Waals surface area contributed by atoms with Crippen LogP contribution in [0.2, 0.25) is 0 Å². The molecule has 9 nitrogen and oxygen atoms in total. The number of H-pyrrole nitrogens is 1. The van der Waals surface area contributed by atoms with E-state index in [0.717, 1.165) is 5.56 Å². The van der Waals surface area contributed by atoms with Gasteiger partial charge in [0, 0.05) is 30.8 Å². The average Bonchev–Trinajstić information content (AvgIpc) is 3.20. The molecule has 0 amide bonds. The predicted molar refractivity (Wildman–Crippen MR) is 106 cm³/mol. The minimum Gasteiger partial charge on any atom is -0.364 e. The largest absolute Gasteiger partial charge is 0.364 e. The number of benzene rings is 2. The molecule has 0 fully saturated rings. The molecule has 29 heavy (non-hydrogen) atoms. The summed E-state index contributed by atoms with van der Waals surface area (Å²) in [5.41, 5.74) is 2.47. The van der Waals surface area contributed by atoms with Crippen molar-refractivity contribution in [3.05, 3.63) is 81.9 Å². The Hall–Kier alpha value is -4.08. The van der Waals surface area contributed by atoms with Crippen LogP contribution in [-0.2, 0) is 13.1 Å². The monoisotopic (exact) mass is 393 g/mol. The number of nitro groups is 1. The highest BCUT2D eigenvalue weighted by Gasteiger charge is 2.11. The highest BCUT2D eigenvalue weighted by molar-refractivity contribution is 5.83. The zero-order valence-electron chi connectivity index (χ0n) is 15.1. The fourth-order valence-electron chi connectivity index (χ4n) is 2.78. The van der Waals surface area contributed by atoms with Gasteiger partial charge in [-0.25, -0.2) is 9.37 Å². The van der Waals surface area contributed by atoms with Crippen LogP contribution in [0, 0.1) is 15.9 Å². The second kappa shape index (κ2) is 7.89. The lowest BCUT2D eigenvalue weighted by Crippen LogP contribution is -2.08. The van der Waals surface area contributed by atoms with E-state index in [1.54, 1.807) is 30.3 Å². The maximum atomic E-state index is 13.8. The lowest BCUT2D eigenvalue weighted by molar-refractivity contribution is -0.384. The first-order chi connectivity index (χ1) is 14.1. The van der Waals surface area contributed by atoms with Crippen molar-refractivity contribution in [2.75, 3.05) is 10.6 Å². The molecule has 4 rings (SSSR count). The summed E-state index contributed by atoms with van der Waals surface area (Å²) in [6.07, 6.45) is 1.51. The maximum Gasteiger partial charge on any atom is 0.269 e. The van der Waals surface area contributed by atoms with Crippen molar-refractivity contribution in [1.29, 1.82) is 0 Å². The average molecular weight is 393 g/mol. The van der Waals surface area contributed by atoms with Crippen LogP contribution >= 0.6 is 0 Å². The van der Waals surface area contributed by atoms with Gasteiger partial charge in [-0.3, -0.25) is 10.1 Å². The standard InChI is InChI=1S/C19H16FN7O2/c20-15-4-2-1-3-13(15)10-22-19-25-17(16-18(26-19)24-11-23-16)21-9-12-5-7-14(8-6-12)27(28)29/h1-8,11H,9-10H2,(H3,21,22,23,24,25,26). The van der Waals surface area contributed by atoms with Crippen LogP contribution in [0.5, 0.6) is 0 Å². The van der Waals surface area contributed by atoms with E-state index in [-0.39, 0.29) is 18.0 Å². The first-order valence-corrected chi connectivity index (χ1v) is 8.76. The van der Waals surface area contributed by atoms with Crippen molar-refractivity contribution in [3.8, 4) is 0 Å². The van der Waals surface area contributed by atoms with Gasteiger partial charge in [-0.2, -0.15) is 9.97 Å². The molecule has 0 aliphatic rings. The maximum absolute atomic E-state index is 13.8. The van der Waals surface area contributed by atoms with Crippen molar-refractivity contribution in [3.63, 3.8) is 0 Å². The van der Waals surface area contributed by atoms with Gasteiger partial charge in [-0.15, -0.1) is 0 Å². The summed E-state index contributed by atoms with van der Waals surface area (Å²) in [6.45, 7) is 0.625. The minimum atomic E-state index is -0.441. The van der Waals surface area contributed by atoms with Crippen molar-refractivity contribution >= 4 is 28.6 Å². The minimum absolute atomic E-state index is 0.0337. The van der Waals surface area contributed by atoms with Gasteiger partial charge in [0.2, 0.25) is 5.95 Å². The molecule has 146 valence electrons. The number of hydrogen-bond acceptors (Lipinski definition) is 7. The highest BCUT2D eigenvalue weighted by atomic mass is 19.1. The fourth-order valence-corrected chi connectivity index (χ4v) is 2.78. The van der Waals surface area contributed by atoms with E-state index in [0.29, 0.717) is 35.0 Å². The summed E-state index contributed by atoms with van der Waals surface area (Å²) in [4.78, 5) is 26.2. The smallest absolute Gasteiger partial charge is 0.269 e. The van der Waals surface area contributed by atoms with Crippen LogP contribution in [0.3, 0.4) is 0 Å². The summed E-state index contributed by atoms with van der Waals surface area (Å²) < 4.78 is 13.8. The van der Waals surface area contributed by atoms with Gasteiger partial charge in [0.05, 0.1) is 11.3 Å². The molecule has 3 N–H and O–H groups in total. The zero-order chi connectivity index (χ0) is 20.2. The molecule has 0 atom stereocenters. The summed E-state index contributed by atoms with van der Waals surface area (Å²) in [5, 5.41) is 17.0. The Morgan fingerprint density at radius 2 is 1.83 bits per heavy atom. The number of rotatable bonds is 7. The third-order valence-corrected chi connectivity index (χ3v) is 4.29. The zero-order valence-corrected chi connectivity index (χ0v) is 15.1. The summed E-state index contributed by atoms with van der Waals surface area (Å²) in [7, 11) is 0. The number of fused-ring (bicyclic) bond motifs is 1. The number of nitrogens with one attached hydrogen (secondary N) is 3. The van der Waals surface area contributed by atoms with Crippen LogP contribution in [0.15, 0.2) is 54.9 Å². The lowest BCUT2D eigenvalue weighted by atomic mass is 10.2. The molecule has 0 spiro atoms. The van der Waals surface area contributed by atoms with E-state index in [4.69, 9.17) is 0 Å². The molecular formula is C19H16FN7O2. The molecule has 0 saturated carbocycles. The molecule has 0 bridgehead atoms.